The Morgan fingerprint density at radius 3 is 2.50 bits per heavy atom. The molecule has 0 aromatic heterocycles. The molecule has 0 amide bonds. The molecule has 1 saturated carbocycles. The molecule has 0 spiro atoms. The van der Waals surface area contributed by atoms with Crippen LogP contribution in [0.2, 0.25) is 5.02 Å². The lowest BCUT2D eigenvalue weighted by atomic mass is 10.1. The summed E-state index contributed by atoms with van der Waals surface area (Å²) < 4.78 is 0. The molecule has 14 heavy (non-hydrogen) atoms. The van der Waals surface area contributed by atoms with Crippen LogP contribution >= 0.6 is 11.6 Å². The first-order valence-corrected chi connectivity index (χ1v) is 4.69. The first-order chi connectivity index (χ1) is 6.54. The quantitative estimate of drug-likeness (QED) is 0.781. The van der Waals surface area contributed by atoms with Gasteiger partial charge in [0.1, 0.15) is 5.54 Å². The molecule has 0 saturated heterocycles. The number of halogens is 1. The van der Waals surface area contributed by atoms with E-state index in [4.69, 9.17) is 22.4 Å². The van der Waals surface area contributed by atoms with Gasteiger partial charge in [0.05, 0.1) is 0 Å². The Bertz CT molecular complexity index is 376. The molecule has 0 aliphatic heterocycles. The van der Waals surface area contributed by atoms with Crippen LogP contribution in [-0.4, -0.2) is 16.6 Å². The fourth-order valence-corrected chi connectivity index (χ4v) is 1.75. The van der Waals surface area contributed by atoms with Crippen LogP contribution in [0.5, 0.6) is 0 Å². The minimum absolute atomic E-state index is 0.0720. The van der Waals surface area contributed by atoms with E-state index in [0.29, 0.717) is 11.4 Å². The average Bonchev–Trinajstić information content (AvgIpc) is 2.81. The molecular weight excluding hydrogens is 202 g/mol. The van der Waals surface area contributed by atoms with Gasteiger partial charge < -0.3 is 10.8 Å². The maximum atomic E-state index is 10.8. The van der Waals surface area contributed by atoms with Crippen LogP contribution in [-0.2, 0) is 4.79 Å². The highest BCUT2D eigenvalue weighted by molar-refractivity contribution is 6.30. The molecule has 1 fully saturated rings. The van der Waals surface area contributed by atoms with Crippen molar-refractivity contribution in [3.8, 4) is 0 Å². The number of aliphatic carboxylic acids is 1. The average molecular weight is 212 g/mol. The molecule has 2 rings (SSSR count). The number of hydrogen-bond acceptors (Lipinski definition) is 2. The van der Waals surface area contributed by atoms with Gasteiger partial charge in [-0.25, -0.2) is 0 Å². The van der Waals surface area contributed by atoms with Crippen LogP contribution in [0, 0.1) is 0 Å². The van der Waals surface area contributed by atoms with E-state index in [1.165, 1.54) is 0 Å². The number of carbonyl (C=O) groups is 1. The SMILES string of the molecule is N[C@@]1(C(=O)O)C[C@@H]1c1ccc(Cl)cc1. The fraction of sp³-hybridized carbons (Fsp3) is 0.300. The topological polar surface area (TPSA) is 63.3 Å². The van der Waals surface area contributed by atoms with Gasteiger partial charge in [-0.1, -0.05) is 23.7 Å². The maximum Gasteiger partial charge on any atom is 0.324 e. The van der Waals surface area contributed by atoms with Gasteiger partial charge in [0, 0.05) is 10.9 Å². The Balaban J connectivity index is 2.21. The first-order valence-electron chi connectivity index (χ1n) is 4.32. The van der Waals surface area contributed by atoms with E-state index in [9.17, 15) is 4.79 Å². The monoisotopic (exact) mass is 211 g/mol. The van der Waals surface area contributed by atoms with E-state index in [-0.39, 0.29) is 5.92 Å². The zero-order valence-corrected chi connectivity index (χ0v) is 8.16. The van der Waals surface area contributed by atoms with Gasteiger partial charge in [-0.2, -0.15) is 0 Å². The van der Waals surface area contributed by atoms with E-state index in [0.717, 1.165) is 5.56 Å². The van der Waals surface area contributed by atoms with Gasteiger partial charge in [-0.05, 0) is 24.1 Å². The van der Waals surface area contributed by atoms with Crippen molar-refractivity contribution in [1.82, 2.24) is 0 Å². The molecular formula is C10H10ClNO2. The fourth-order valence-electron chi connectivity index (χ4n) is 1.63. The Morgan fingerprint density at radius 2 is 2.07 bits per heavy atom. The van der Waals surface area contributed by atoms with Crippen LogP contribution in [0.1, 0.15) is 17.9 Å². The standard InChI is InChI=1S/C10H10ClNO2/c11-7-3-1-6(2-4-7)8-5-10(8,12)9(13)14/h1-4,8H,5,12H2,(H,13,14)/t8-,10+/m1/s1. The Hall–Kier alpha value is -1.06. The number of nitrogens with two attached hydrogens (primary N) is 1. The number of rotatable bonds is 2. The molecule has 0 unspecified atom stereocenters. The normalized spacial score (nSPS) is 30.0. The number of carboxylic acid groups (broad SMARTS) is 1. The van der Waals surface area contributed by atoms with E-state index in [1.807, 2.05) is 12.1 Å². The van der Waals surface area contributed by atoms with Crippen LogP contribution < -0.4 is 5.73 Å². The third-order valence-corrected chi connectivity index (χ3v) is 2.93. The minimum atomic E-state index is -1.06. The number of benzene rings is 1. The van der Waals surface area contributed by atoms with Crippen molar-refractivity contribution in [2.75, 3.05) is 0 Å². The zero-order valence-electron chi connectivity index (χ0n) is 7.40. The Kier molecular flexibility index (Phi) is 2.01. The van der Waals surface area contributed by atoms with Gasteiger partial charge in [0.15, 0.2) is 0 Å². The van der Waals surface area contributed by atoms with Crippen molar-refractivity contribution >= 4 is 17.6 Å². The van der Waals surface area contributed by atoms with Crippen LogP contribution in [0.3, 0.4) is 0 Å². The highest BCUT2D eigenvalue weighted by Gasteiger charge is 2.58. The second kappa shape index (κ2) is 2.97. The summed E-state index contributed by atoms with van der Waals surface area (Å²) >= 11 is 5.72. The summed E-state index contributed by atoms with van der Waals surface area (Å²) in [6.45, 7) is 0. The van der Waals surface area contributed by atoms with E-state index in [2.05, 4.69) is 0 Å². The lowest BCUT2D eigenvalue weighted by molar-refractivity contribution is -0.139. The molecule has 0 bridgehead atoms. The molecule has 0 heterocycles. The van der Waals surface area contributed by atoms with Crippen molar-refractivity contribution in [2.24, 2.45) is 5.73 Å². The molecule has 0 radical (unpaired) electrons. The third kappa shape index (κ3) is 1.38. The molecule has 3 N–H and O–H groups in total. The van der Waals surface area contributed by atoms with Gasteiger partial charge in [-0.3, -0.25) is 4.79 Å². The highest BCUT2D eigenvalue weighted by Crippen LogP contribution is 2.49. The maximum absolute atomic E-state index is 10.8. The lowest BCUT2D eigenvalue weighted by Crippen LogP contribution is -2.34. The second-order valence-electron chi connectivity index (χ2n) is 3.65. The molecule has 1 aliphatic carbocycles. The smallest absolute Gasteiger partial charge is 0.324 e. The largest absolute Gasteiger partial charge is 0.480 e. The van der Waals surface area contributed by atoms with Gasteiger partial charge in [0.25, 0.3) is 0 Å². The van der Waals surface area contributed by atoms with E-state index >= 15 is 0 Å². The molecule has 2 atom stereocenters. The summed E-state index contributed by atoms with van der Waals surface area (Å²) in [5.41, 5.74) is 5.55. The summed E-state index contributed by atoms with van der Waals surface area (Å²) in [6, 6.07) is 7.14. The molecule has 3 nitrogen and oxygen atoms in total. The lowest BCUT2D eigenvalue weighted by Gasteiger charge is -2.05. The van der Waals surface area contributed by atoms with Crippen molar-refractivity contribution in [3.63, 3.8) is 0 Å². The Morgan fingerprint density at radius 1 is 1.50 bits per heavy atom. The van der Waals surface area contributed by atoms with Crippen LogP contribution in [0.25, 0.3) is 0 Å². The summed E-state index contributed by atoms with van der Waals surface area (Å²) in [4.78, 5) is 10.8. The zero-order chi connectivity index (χ0) is 10.3. The van der Waals surface area contributed by atoms with Crippen LogP contribution in [0.4, 0.5) is 0 Å². The van der Waals surface area contributed by atoms with Crippen LogP contribution in [0.15, 0.2) is 24.3 Å². The Labute approximate surface area is 86.5 Å². The minimum Gasteiger partial charge on any atom is -0.480 e. The van der Waals surface area contributed by atoms with Gasteiger partial charge in [-0.15, -0.1) is 0 Å². The third-order valence-electron chi connectivity index (χ3n) is 2.67. The van der Waals surface area contributed by atoms with Gasteiger partial charge >= 0.3 is 5.97 Å². The van der Waals surface area contributed by atoms with Gasteiger partial charge in [0.2, 0.25) is 0 Å². The predicted molar refractivity (Wildman–Crippen MR) is 53.4 cm³/mol. The van der Waals surface area contributed by atoms with E-state index < -0.39 is 11.5 Å². The predicted octanol–water partition coefficient (Wildman–Crippen LogP) is 1.61. The van der Waals surface area contributed by atoms with Crippen molar-refractivity contribution in [1.29, 1.82) is 0 Å². The first kappa shape index (κ1) is 9.49. The summed E-state index contributed by atoms with van der Waals surface area (Å²) in [6.07, 6.45) is 0.504. The van der Waals surface area contributed by atoms with Crippen molar-refractivity contribution < 1.29 is 9.90 Å². The van der Waals surface area contributed by atoms with Crippen molar-refractivity contribution in [3.05, 3.63) is 34.9 Å². The highest BCUT2D eigenvalue weighted by atomic mass is 35.5. The van der Waals surface area contributed by atoms with E-state index in [1.54, 1.807) is 12.1 Å². The number of carboxylic acids is 1. The molecule has 1 aromatic rings. The summed E-state index contributed by atoms with van der Waals surface area (Å²) in [5, 5.41) is 9.49. The molecule has 1 aromatic carbocycles. The van der Waals surface area contributed by atoms with Crippen molar-refractivity contribution in [2.45, 2.75) is 17.9 Å². The molecule has 74 valence electrons. The molecule has 4 heteroatoms. The summed E-state index contributed by atoms with van der Waals surface area (Å²) in [5.74, 6) is -1.00. The molecule has 1 aliphatic rings. The summed E-state index contributed by atoms with van der Waals surface area (Å²) in [7, 11) is 0. The number of hydrogen-bond donors (Lipinski definition) is 2. The second-order valence-corrected chi connectivity index (χ2v) is 4.09.